The van der Waals surface area contributed by atoms with Crippen molar-refractivity contribution in [2.75, 3.05) is 31.1 Å². The van der Waals surface area contributed by atoms with Crippen LogP contribution in [-0.2, 0) is 0 Å². The highest BCUT2D eigenvalue weighted by molar-refractivity contribution is 5.94. The van der Waals surface area contributed by atoms with E-state index >= 15 is 0 Å². The molecule has 0 saturated carbocycles. The van der Waals surface area contributed by atoms with Gasteiger partial charge in [0.25, 0.3) is 5.91 Å². The van der Waals surface area contributed by atoms with E-state index in [0.717, 1.165) is 23.0 Å². The molecular formula is C22H22N8O2. The summed E-state index contributed by atoms with van der Waals surface area (Å²) < 4.78 is 6.90. The van der Waals surface area contributed by atoms with Gasteiger partial charge in [-0.3, -0.25) is 9.36 Å². The maximum absolute atomic E-state index is 12.9. The van der Waals surface area contributed by atoms with E-state index in [2.05, 4.69) is 30.2 Å². The number of anilines is 1. The van der Waals surface area contributed by atoms with Crippen LogP contribution in [0.15, 0.2) is 53.3 Å². The first-order valence-corrected chi connectivity index (χ1v) is 10.4. The highest BCUT2D eigenvalue weighted by Gasteiger charge is 2.23. The smallest absolute Gasteiger partial charge is 0.253 e. The molecule has 1 fully saturated rings. The number of hydrogen-bond donors (Lipinski definition) is 0. The van der Waals surface area contributed by atoms with E-state index in [9.17, 15) is 4.79 Å². The van der Waals surface area contributed by atoms with E-state index in [1.165, 1.54) is 0 Å². The predicted molar refractivity (Wildman–Crippen MR) is 116 cm³/mol. The van der Waals surface area contributed by atoms with E-state index in [1.807, 2.05) is 46.9 Å². The van der Waals surface area contributed by atoms with Gasteiger partial charge in [-0.25, -0.2) is 4.98 Å². The fourth-order valence-electron chi connectivity index (χ4n) is 3.74. The van der Waals surface area contributed by atoms with Gasteiger partial charge in [0.05, 0.1) is 0 Å². The topological polar surface area (TPSA) is 106 Å². The maximum Gasteiger partial charge on any atom is 0.253 e. The number of benzene rings is 1. The van der Waals surface area contributed by atoms with Crippen molar-refractivity contribution < 1.29 is 9.32 Å². The minimum absolute atomic E-state index is 0.0116. The summed E-state index contributed by atoms with van der Waals surface area (Å²) in [5.41, 5.74) is 1.46. The number of imidazole rings is 1. The SMILES string of the molecule is Cc1nc(-c2ccc(C(=O)N3CCN(c4ccc(-n5ccnc5C)nn4)CC3)cc2)no1. The summed E-state index contributed by atoms with van der Waals surface area (Å²) >= 11 is 0. The van der Waals surface area contributed by atoms with Crippen molar-refractivity contribution in [3.63, 3.8) is 0 Å². The lowest BCUT2D eigenvalue weighted by Crippen LogP contribution is -2.49. The fraction of sp³-hybridized carbons (Fsp3) is 0.273. The molecule has 10 nitrogen and oxygen atoms in total. The number of nitrogens with zero attached hydrogens (tertiary/aromatic N) is 8. The molecule has 1 amide bonds. The van der Waals surface area contributed by atoms with Gasteiger partial charge in [0, 0.05) is 56.6 Å². The van der Waals surface area contributed by atoms with Gasteiger partial charge in [-0.15, -0.1) is 10.2 Å². The fourth-order valence-corrected chi connectivity index (χ4v) is 3.74. The molecule has 1 saturated heterocycles. The average molecular weight is 430 g/mol. The highest BCUT2D eigenvalue weighted by atomic mass is 16.5. The first kappa shape index (κ1) is 19.9. The molecular weight excluding hydrogens is 408 g/mol. The van der Waals surface area contributed by atoms with Crippen molar-refractivity contribution >= 4 is 11.7 Å². The van der Waals surface area contributed by atoms with Crippen LogP contribution in [-0.4, -0.2) is 66.9 Å². The number of piperazine rings is 1. The Bertz CT molecular complexity index is 1220. The second-order valence-corrected chi connectivity index (χ2v) is 7.59. The molecule has 0 radical (unpaired) electrons. The molecule has 0 aliphatic carbocycles. The normalized spacial score (nSPS) is 14.1. The van der Waals surface area contributed by atoms with Crippen LogP contribution in [0, 0.1) is 13.8 Å². The van der Waals surface area contributed by atoms with E-state index in [0.29, 0.717) is 43.5 Å². The van der Waals surface area contributed by atoms with Crippen LogP contribution >= 0.6 is 0 Å². The summed E-state index contributed by atoms with van der Waals surface area (Å²) in [5, 5.41) is 12.6. The quantitative estimate of drug-likeness (QED) is 0.486. The van der Waals surface area contributed by atoms with Crippen LogP contribution < -0.4 is 4.90 Å². The van der Waals surface area contributed by atoms with E-state index < -0.39 is 0 Å². The summed E-state index contributed by atoms with van der Waals surface area (Å²) in [6, 6.07) is 11.2. The Balaban J connectivity index is 1.21. The van der Waals surface area contributed by atoms with Gasteiger partial charge in [-0.05, 0) is 31.2 Å². The van der Waals surface area contributed by atoms with Crippen LogP contribution in [0.3, 0.4) is 0 Å². The van der Waals surface area contributed by atoms with Crippen LogP contribution in [0.25, 0.3) is 17.2 Å². The predicted octanol–water partition coefficient (Wildman–Crippen LogP) is 2.29. The standard InChI is InChI=1S/C22H22N8O2/c1-15-23-9-10-30(15)20-8-7-19(25-26-20)28-11-13-29(14-12-28)22(31)18-5-3-17(4-6-18)21-24-16(2)32-27-21/h3-10H,11-14H2,1-2H3. The van der Waals surface area contributed by atoms with Crippen molar-refractivity contribution in [3.05, 3.63) is 66.1 Å². The zero-order chi connectivity index (χ0) is 22.1. The highest BCUT2D eigenvalue weighted by Crippen LogP contribution is 2.19. The molecule has 0 unspecified atom stereocenters. The zero-order valence-electron chi connectivity index (χ0n) is 17.8. The second kappa shape index (κ2) is 8.22. The third-order valence-corrected chi connectivity index (χ3v) is 5.52. The molecule has 0 N–H and O–H groups in total. The summed E-state index contributed by atoms with van der Waals surface area (Å²) in [4.78, 5) is 25.4. The average Bonchev–Trinajstić information content (AvgIpc) is 3.47. The Labute approximate surface area is 184 Å². The van der Waals surface area contributed by atoms with Crippen LogP contribution in [0.2, 0.25) is 0 Å². The van der Waals surface area contributed by atoms with Gasteiger partial charge in [0.1, 0.15) is 5.82 Å². The molecule has 1 aliphatic heterocycles. The molecule has 162 valence electrons. The van der Waals surface area contributed by atoms with Crippen molar-refractivity contribution in [3.8, 4) is 17.2 Å². The van der Waals surface area contributed by atoms with Crippen LogP contribution in [0.1, 0.15) is 22.1 Å². The molecule has 10 heteroatoms. The minimum atomic E-state index is 0.0116. The third kappa shape index (κ3) is 3.82. The Morgan fingerprint density at radius 2 is 1.66 bits per heavy atom. The molecule has 0 atom stereocenters. The van der Waals surface area contributed by atoms with Crippen molar-refractivity contribution in [1.82, 2.24) is 34.8 Å². The van der Waals surface area contributed by atoms with Gasteiger partial charge in [-0.1, -0.05) is 17.3 Å². The molecule has 4 aromatic rings. The summed E-state index contributed by atoms with van der Waals surface area (Å²) in [7, 11) is 0. The third-order valence-electron chi connectivity index (χ3n) is 5.52. The van der Waals surface area contributed by atoms with Gasteiger partial charge < -0.3 is 14.3 Å². The zero-order valence-corrected chi connectivity index (χ0v) is 17.8. The van der Waals surface area contributed by atoms with Gasteiger partial charge in [-0.2, -0.15) is 4.98 Å². The summed E-state index contributed by atoms with van der Waals surface area (Å²) in [6.45, 7) is 6.30. The molecule has 4 heterocycles. The molecule has 32 heavy (non-hydrogen) atoms. The summed E-state index contributed by atoms with van der Waals surface area (Å²) in [5.74, 6) is 3.44. The van der Waals surface area contributed by atoms with Gasteiger partial charge >= 0.3 is 0 Å². The first-order chi connectivity index (χ1) is 15.6. The van der Waals surface area contributed by atoms with E-state index in [-0.39, 0.29) is 5.91 Å². The van der Waals surface area contributed by atoms with Crippen molar-refractivity contribution in [2.45, 2.75) is 13.8 Å². The van der Waals surface area contributed by atoms with Crippen LogP contribution in [0.4, 0.5) is 5.82 Å². The van der Waals surface area contributed by atoms with Gasteiger partial charge in [0.15, 0.2) is 11.6 Å². The van der Waals surface area contributed by atoms with Crippen molar-refractivity contribution in [1.29, 1.82) is 0 Å². The van der Waals surface area contributed by atoms with E-state index in [1.54, 1.807) is 25.3 Å². The molecule has 1 aliphatic rings. The van der Waals surface area contributed by atoms with Crippen LogP contribution in [0.5, 0.6) is 0 Å². The number of amides is 1. The van der Waals surface area contributed by atoms with Crippen molar-refractivity contribution in [2.24, 2.45) is 0 Å². The van der Waals surface area contributed by atoms with E-state index in [4.69, 9.17) is 4.52 Å². The molecule has 3 aromatic heterocycles. The number of carbonyl (C=O) groups excluding carboxylic acids is 1. The number of aromatic nitrogens is 6. The number of hydrogen-bond acceptors (Lipinski definition) is 8. The lowest BCUT2D eigenvalue weighted by Gasteiger charge is -2.35. The molecule has 1 aromatic carbocycles. The minimum Gasteiger partial charge on any atom is -0.352 e. The summed E-state index contributed by atoms with van der Waals surface area (Å²) in [6.07, 6.45) is 3.60. The molecule has 0 spiro atoms. The maximum atomic E-state index is 12.9. The molecule has 0 bridgehead atoms. The Hall–Kier alpha value is -4.08. The Morgan fingerprint density at radius 1 is 0.938 bits per heavy atom. The number of aryl methyl sites for hydroxylation is 2. The lowest BCUT2D eigenvalue weighted by atomic mass is 10.1. The number of carbonyl (C=O) groups is 1. The largest absolute Gasteiger partial charge is 0.352 e. The van der Waals surface area contributed by atoms with Gasteiger partial charge in [0.2, 0.25) is 11.7 Å². The first-order valence-electron chi connectivity index (χ1n) is 10.4. The monoisotopic (exact) mass is 430 g/mol. The lowest BCUT2D eigenvalue weighted by molar-refractivity contribution is 0.0746. The Morgan fingerprint density at radius 3 is 2.25 bits per heavy atom. The second-order valence-electron chi connectivity index (χ2n) is 7.59. The number of rotatable bonds is 4. The Kier molecular flexibility index (Phi) is 5.10. The molecule has 5 rings (SSSR count).